The molecule has 1 amide bonds. The van der Waals surface area contributed by atoms with Crippen molar-refractivity contribution in [3.8, 4) is 0 Å². The normalized spacial score (nSPS) is 17.8. The Morgan fingerprint density at radius 2 is 2.04 bits per heavy atom. The van der Waals surface area contributed by atoms with Crippen molar-refractivity contribution in [1.82, 2.24) is 20.0 Å². The van der Waals surface area contributed by atoms with Crippen LogP contribution in [-0.2, 0) is 17.5 Å². The maximum atomic E-state index is 13.0. The molecule has 1 aliphatic rings. The van der Waals surface area contributed by atoms with E-state index in [1.807, 2.05) is 26.0 Å². The lowest BCUT2D eigenvalue weighted by molar-refractivity contribution is -0.142. The fraction of sp³-hybridized carbons (Fsp3) is 0.474. The number of rotatable bonds is 3. The second-order valence-electron chi connectivity index (χ2n) is 7.07. The van der Waals surface area contributed by atoms with E-state index < -0.39 is 16.9 Å². The molecule has 0 saturated carbocycles. The number of amides is 1. The van der Waals surface area contributed by atoms with Crippen LogP contribution in [0.4, 0.5) is 13.2 Å². The lowest BCUT2D eigenvalue weighted by Gasteiger charge is -2.37. The molecule has 1 aromatic carbocycles. The zero-order chi connectivity index (χ0) is 20.6. The molecule has 1 unspecified atom stereocenters. The van der Waals surface area contributed by atoms with Gasteiger partial charge in [0.25, 0.3) is 0 Å². The van der Waals surface area contributed by atoms with E-state index in [1.165, 1.54) is 6.92 Å². The third kappa shape index (κ3) is 4.03. The lowest BCUT2D eigenvalue weighted by atomic mass is 9.96. The Morgan fingerprint density at radius 3 is 2.64 bits per heavy atom. The SMILES string of the molecule is Cc1ccc(C2CNCCN2C(=O)Cn2nc(C(F)(F)F)c(Cl)c2C)c(C)c1. The third-order valence-corrected chi connectivity index (χ3v) is 5.49. The van der Waals surface area contributed by atoms with E-state index in [9.17, 15) is 18.0 Å². The molecule has 0 spiro atoms. The smallest absolute Gasteiger partial charge is 0.331 e. The van der Waals surface area contributed by atoms with Crippen LogP contribution in [0.15, 0.2) is 18.2 Å². The number of aryl methyl sites for hydroxylation is 2. The Labute approximate surface area is 166 Å². The fourth-order valence-electron chi connectivity index (χ4n) is 3.56. The zero-order valence-electron chi connectivity index (χ0n) is 15.9. The summed E-state index contributed by atoms with van der Waals surface area (Å²) < 4.78 is 40.1. The Balaban J connectivity index is 1.86. The van der Waals surface area contributed by atoms with Crippen LogP contribution in [0.1, 0.15) is 34.1 Å². The number of alkyl halides is 3. The number of halogens is 4. The fourth-order valence-corrected chi connectivity index (χ4v) is 3.80. The van der Waals surface area contributed by atoms with Crippen molar-refractivity contribution in [2.45, 2.75) is 39.5 Å². The highest BCUT2D eigenvalue weighted by atomic mass is 35.5. The van der Waals surface area contributed by atoms with E-state index in [1.54, 1.807) is 4.90 Å². The van der Waals surface area contributed by atoms with Crippen molar-refractivity contribution >= 4 is 17.5 Å². The third-order valence-electron chi connectivity index (χ3n) is 5.04. The van der Waals surface area contributed by atoms with Crippen LogP contribution in [0.25, 0.3) is 0 Å². The first-order valence-electron chi connectivity index (χ1n) is 8.97. The van der Waals surface area contributed by atoms with E-state index in [0.717, 1.165) is 21.4 Å². The molecule has 1 N–H and O–H groups in total. The molecule has 1 atom stereocenters. The Morgan fingerprint density at radius 1 is 1.32 bits per heavy atom. The number of nitrogens with zero attached hydrogens (tertiary/aromatic N) is 3. The van der Waals surface area contributed by atoms with E-state index in [-0.39, 0.29) is 24.2 Å². The van der Waals surface area contributed by atoms with Gasteiger partial charge in [-0.2, -0.15) is 18.3 Å². The van der Waals surface area contributed by atoms with Gasteiger partial charge in [0.1, 0.15) is 6.54 Å². The van der Waals surface area contributed by atoms with Gasteiger partial charge in [0.2, 0.25) is 5.91 Å². The van der Waals surface area contributed by atoms with Crippen molar-refractivity contribution in [3.63, 3.8) is 0 Å². The van der Waals surface area contributed by atoms with Gasteiger partial charge in [0, 0.05) is 19.6 Å². The summed E-state index contributed by atoms with van der Waals surface area (Å²) in [5, 5.41) is 6.35. The van der Waals surface area contributed by atoms with Crippen LogP contribution in [0.3, 0.4) is 0 Å². The van der Waals surface area contributed by atoms with Gasteiger partial charge in [0.05, 0.1) is 16.8 Å². The number of aromatic nitrogens is 2. The van der Waals surface area contributed by atoms with Crippen molar-refractivity contribution < 1.29 is 18.0 Å². The molecule has 5 nitrogen and oxygen atoms in total. The van der Waals surface area contributed by atoms with E-state index in [2.05, 4.69) is 16.5 Å². The number of carbonyl (C=O) groups excluding carboxylic acids is 1. The van der Waals surface area contributed by atoms with Crippen LogP contribution < -0.4 is 5.32 Å². The Hall–Kier alpha value is -2.06. The highest BCUT2D eigenvalue weighted by Crippen LogP contribution is 2.35. The number of hydrogen-bond donors (Lipinski definition) is 1. The summed E-state index contributed by atoms with van der Waals surface area (Å²) >= 11 is 5.79. The van der Waals surface area contributed by atoms with E-state index in [0.29, 0.717) is 19.6 Å². The zero-order valence-corrected chi connectivity index (χ0v) is 16.7. The molecule has 3 rings (SSSR count). The van der Waals surface area contributed by atoms with Crippen molar-refractivity contribution in [1.29, 1.82) is 0 Å². The summed E-state index contributed by atoms with van der Waals surface area (Å²) in [5.41, 5.74) is 2.19. The molecule has 2 aromatic rings. The minimum atomic E-state index is -4.66. The van der Waals surface area contributed by atoms with Gasteiger partial charge < -0.3 is 10.2 Å². The van der Waals surface area contributed by atoms with Crippen molar-refractivity contribution in [3.05, 3.63) is 51.3 Å². The minimum absolute atomic E-state index is 0.126. The molecule has 2 heterocycles. The minimum Gasteiger partial charge on any atom is -0.331 e. The van der Waals surface area contributed by atoms with Crippen LogP contribution in [0.5, 0.6) is 0 Å². The highest BCUT2D eigenvalue weighted by Gasteiger charge is 2.39. The van der Waals surface area contributed by atoms with Gasteiger partial charge in [-0.1, -0.05) is 35.4 Å². The van der Waals surface area contributed by atoms with Gasteiger partial charge in [-0.25, -0.2) is 0 Å². The molecule has 0 aliphatic carbocycles. The summed E-state index contributed by atoms with van der Waals surface area (Å²) in [7, 11) is 0. The quantitative estimate of drug-likeness (QED) is 0.834. The first-order valence-corrected chi connectivity index (χ1v) is 9.35. The van der Waals surface area contributed by atoms with Crippen molar-refractivity contribution in [2.75, 3.05) is 19.6 Å². The average Bonchev–Trinajstić information content (AvgIpc) is 2.90. The summed E-state index contributed by atoms with van der Waals surface area (Å²) in [6.45, 7) is 6.81. The molecular weight excluding hydrogens is 393 g/mol. The highest BCUT2D eigenvalue weighted by molar-refractivity contribution is 6.32. The molecule has 0 bridgehead atoms. The molecule has 9 heteroatoms. The molecule has 1 fully saturated rings. The predicted octanol–water partition coefficient (Wildman–Crippen LogP) is 3.65. The van der Waals surface area contributed by atoms with Crippen molar-refractivity contribution in [2.24, 2.45) is 0 Å². The number of benzene rings is 1. The Kier molecular flexibility index (Phi) is 5.72. The monoisotopic (exact) mass is 414 g/mol. The van der Waals surface area contributed by atoms with E-state index in [4.69, 9.17) is 11.6 Å². The van der Waals surface area contributed by atoms with Gasteiger partial charge >= 0.3 is 6.18 Å². The predicted molar refractivity (Wildman–Crippen MR) is 100 cm³/mol. The summed E-state index contributed by atoms with van der Waals surface area (Å²) in [6, 6.07) is 5.86. The van der Waals surface area contributed by atoms with Gasteiger partial charge in [-0.15, -0.1) is 0 Å². The molecule has 1 aromatic heterocycles. The number of piperazine rings is 1. The van der Waals surface area contributed by atoms with Crippen LogP contribution in [0, 0.1) is 20.8 Å². The second-order valence-corrected chi connectivity index (χ2v) is 7.45. The molecule has 152 valence electrons. The van der Waals surface area contributed by atoms with Crippen LogP contribution in [-0.4, -0.2) is 40.2 Å². The number of nitrogens with one attached hydrogen (secondary N) is 1. The summed E-state index contributed by atoms with van der Waals surface area (Å²) in [6.07, 6.45) is -4.66. The molecule has 0 radical (unpaired) electrons. The summed E-state index contributed by atoms with van der Waals surface area (Å²) in [4.78, 5) is 14.7. The Bertz CT molecular complexity index is 894. The van der Waals surface area contributed by atoms with Gasteiger partial charge in [-0.05, 0) is 31.9 Å². The number of carbonyl (C=O) groups is 1. The standard InChI is InChI=1S/C19H22ClF3N4O/c1-11-4-5-14(12(2)8-11)15-9-24-6-7-26(15)16(28)10-27-13(3)17(20)18(25-27)19(21,22)23/h4-5,8,15,24H,6-7,9-10H2,1-3H3. The van der Waals surface area contributed by atoms with Crippen LogP contribution >= 0.6 is 11.6 Å². The first-order chi connectivity index (χ1) is 13.1. The molecular formula is C19H22ClF3N4O. The molecule has 1 aliphatic heterocycles. The molecule has 28 heavy (non-hydrogen) atoms. The van der Waals surface area contributed by atoms with Gasteiger partial charge in [0.15, 0.2) is 5.69 Å². The number of hydrogen-bond acceptors (Lipinski definition) is 3. The maximum absolute atomic E-state index is 13.0. The summed E-state index contributed by atoms with van der Waals surface area (Å²) in [5.74, 6) is -0.289. The van der Waals surface area contributed by atoms with E-state index >= 15 is 0 Å². The largest absolute Gasteiger partial charge is 0.436 e. The van der Waals surface area contributed by atoms with Crippen LogP contribution in [0.2, 0.25) is 5.02 Å². The average molecular weight is 415 g/mol. The van der Waals surface area contributed by atoms with Gasteiger partial charge in [-0.3, -0.25) is 9.48 Å². The lowest BCUT2D eigenvalue weighted by Crippen LogP contribution is -2.50. The first kappa shape index (κ1) is 20.7. The second kappa shape index (κ2) is 7.75. The topological polar surface area (TPSA) is 50.2 Å². The maximum Gasteiger partial charge on any atom is 0.436 e. The molecule has 1 saturated heterocycles.